The maximum atomic E-state index is 12.8. The van der Waals surface area contributed by atoms with Gasteiger partial charge in [-0.1, -0.05) is 6.42 Å². The molecule has 0 amide bonds. The molecule has 2 heterocycles. The number of non-ortho nitro benzene ring substituents is 1. The van der Waals surface area contributed by atoms with Crippen molar-refractivity contribution in [1.29, 1.82) is 0 Å². The molecule has 1 saturated heterocycles. The number of carbonyl (C=O) groups excluding carboxylic acids is 2. The largest absolute Gasteiger partial charge is 0.493 e. The van der Waals surface area contributed by atoms with Gasteiger partial charge < -0.3 is 24.4 Å². The van der Waals surface area contributed by atoms with Crippen molar-refractivity contribution in [1.82, 2.24) is 10.2 Å². The van der Waals surface area contributed by atoms with Crippen LogP contribution in [0, 0.1) is 10.1 Å². The fourth-order valence-corrected chi connectivity index (χ4v) is 4.88. The van der Waals surface area contributed by atoms with Crippen molar-refractivity contribution in [3.05, 3.63) is 56.4 Å². The van der Waals surface area contributed by atoms with Gasteiger partial charge in [-0.3, -0.25) is 10.1 Å². The predicted molar refractivity (Wildman–Crippen MR) is 141 cm³/mol. The maximum absolute atomic E-state index is 12.8. The number of methoxy groups -OCH3 is 2. The summed E-state index contributed by atoms with van der Waals surface area (Å²) in [7, 11) is 2.49. The van der Waals surface area contributed by atoms with Crippen molar-refractivity contribution in [3.8, 4) is 5.75 Å². The van der Waals surface area contributed by atoms with E-state index in [1.165, 1.54) is 51.7 Å². The van der Waals surface area contributed by atoms with E-state index in [2.05, 4.69) is 10.2 Å². The molecule has 11 heteroatoms. The molecule has 3 rings (SSSR count). The van der Waals surface area contributed by atoms with E-state index in [1.807, 2.05) is 0 Å². The quantitative estimate of drug-likeness (QED) is 0.202. The Labute approximate surface area is 223 Å². The predicted octanol–water partition coefficient (Wildman–Crippen LogP) is 4.24. The molecule has 0 saturated carbocycles. The number of ether oxygens (including phenoxy) is 3. The third-order valence-electron chi connectivity index (χ3n) is 6.66. The number of piperidine rings is 1. The number of nitrogens with one attached hydrogen (secondary N) is 1. The number of hydrogen-bond donors (Lipinski definition) is 1. The average Bonchev–Trinajstić information content (AvgIpc) is 2.87. The zero-order valence-corrected chi connectivity index (χ0v) is 22.7. The summed E-state index contributed by atoms with van der Waals surface area (Å²) in [5, 5.41) is 14.6. The van der Waals surface area contributed by atoms with E-state index in [4.69, 9.17) is 14.2 Å². The third kappa shape index (κ3) is 7.23. The standard InChI is InChI=1S/C26H35N3O7.ClH/c1-17-22(25(30)34-3)24(23(18(2)27-17)26(31)35-4)20-16-19(29(32)33)10-11-21(20)36-15-9-8-14-28-12-6-5-7-13-28;/h10-11,16,24,27H,5-9,12-15H2,1-4H3;1H. The van der Waals surface area contributed by atoms with Crippen molar-refractivity contribution in [2.45, 2.75) is 51.9 Å². The minimum atomic E-state index is -0.964. The van der Waals surface area contributed by atoms with Gasteiger partial charge in [-0.2, -0.15) is 0 Å². The minimum Gasteiger partial charge on any atom is -0.493 e. The summed E-state index contributed by atoms with van der Waals surface area (Å²) in [5.74, 6) is -1.90. The number of benzene rings is 1. The Morgan fingerprint density at radius 2 is 1.62 bits per heavy atom. The maximum Gasteiger partial charge on any atom is 0.336 e. The van der Waals surface area contributed by atoms with Crippen LogP contribution < -0.4 is 10.1 Å². The van der Waals surface area contributed by atoms with Crippen LogP contribution in [0.15, 0.2) is 40.7 Å². The van der Waals surface area contributed by atoms with Crippen LogP contribution in [0.5, 0.6) is 5.75 Å². The summed E-state index contributed by atoms with van der Waals surface area (Å²) in [4.78, 5) is 39.2. The van der Waals surface area contributed by atoms with Crippen LogP contribution >= 0.6 is 12.4 Å². The molecule has 0 atom stereocenters. The molecule has 2 aliphatic rings. The van der Waals surface area contributed by atoms with Gasteiger partial charge in [0.2, 0.25) is 0 Å². The molecule has 37 heavy (non-hydrogen) atoms. The van der Waals surface area contributed by atoms with Crippen LogP contribution in [0.3, 0.4) is 0 Å². The van der Waals surface area contributed by atoms with Crippen LogP contribution in [0.4, 0.5) is 5.69 Å². The van der Waals surface area contributed by atoms with Crippen LogP contribution in [-0.4, -0.2) is 62.2 Å². The first-order chi connectivity index (χ1) is 17.3. The van der Waals surface area contributed by atoms with Gasteiger partial charge in [0.1, 0.15) is 5.75 Å². The molecule has 204 valence electrons. The van der Waals surface area contributed by atoms with E-state index < -0.39 is 22.8 Å². The second-order valence-corrected chi connectivity index (χ2v) is 9.06. The Morgan fingerprint density at radius 1 is 1.03 bits per heavy atom. The number of unbranched alkanes of at least 4 members (excludes halogenated alkanes) is 1. The molecule has 1 N–H and O–H groups in total. The fourth-order valence-electron chi connectivity index (χ4n) is 4.88. The molecule has 10 nitrogen and oxygen atoms in total. The molecule has 0 unspecified atom stereocenters. The van der Waals surface area contributed by atoms with Crippen LogP contribution in [0.1, 0.15) is 57.4 Å². The molecule has 1 aromatic rings. The second kappa shape index (κ2) is 14.0. The van der Waals surface area contributed by atoms with Crippen LogP contribution in [0.2, 0.25) is 0 Å². The van der Waals surface area contributed by atoms with E-state index in [-0.39, 0.29) is 29.2 Å². The lowest BCUT2D eigenvalue weighted by Crippen LogP contribution is -2.32. The van der Waals surface area contributed by atoms with E-state index in [9.17, 15) is 19.7 Å². The Hall–Kier alpha value is -3.11. The monoisotopic (exact) mass is 537 g/mol. The summed E-state index contributed by atoms with van der Waals surface area (Å²) in [6.07, 6.45) is 5.54. The topological polar surface area (TPSA) is 120 Å². The number of allylic oxidation sites excluding steroid dienone is 2. The molecular formula is C26H36ClN3O7. The molecule has 0 spiro atoms. The van der Waals surface area contributed by atoms with Crippen molar-refractivity contribution in [2.75, 3.05) is 40.5 Å². The summed E-state index contributed by atoms with van der Waals surface area (Å²) in [6.45, 7) is 7.05. The highest BCUT2D eigenvalue weighted by Crippen LogP contribution is 2.44. The smallest absolute Gasteiger partial charge is 0.336 e. The lowest BCUT2D eigenvalue weighted by Gasteiger charge is -2.31. The number of nitrogens with zero attached hydrogens (tertiary/aromatic N) is 2. The van der Waals surface area contributed by atoms with Crippen molar-refractivity contribution >= 4 is 30.0 Å². The van der Waals surface area contributed by atoms with E-state index in [0.717, 1.165) is 32.5 Å². The van der Waals surface area contributed by atoms with E-state index in [1.54, 1.807) is 13.8 Å². The Morgan fingerprint density at radius 3 is 2.16 bits per heavy atom. The third-order valence-corrected chi connectivity index (χ3v) is 6.66. The number of nitro benzene ring substituents is 1. The molecular weight excluding hydrogens is 502 g/mol. The Bertz CT molecular complexity index is 1030. The summed E-state index contributed by atoms with van der Waals surface area (Å²) < 4.78 is 16.1. The van der Waals surface area contributed by atoms with Gasteiger partial charge in [-0.05, 0) is 65.2 Å². The lowest BCUT2D eigenvalue weighted by atomic mass is 9.80. The summed E-state index contributed by atoms with van der Waals surface area (Å²) >= 11 is 0. The van der Waals surface area contributed by atoms with Gasteiger partial charge in [0.05, 0.1) is 42.8 Å². The van der Waals surface area contributed by atoms with Gasteiger partial charge >= 0.3 is 11.9 Å². The number of halogens is 1. The number of dihydropyridines is 1. The highest BCUT2D eigenvalue weighted by Gasteiger charge is 2.39. The first-order valence-corrected chi connectivity index (χ1v) is 12.3. The highest BCUT2D eigenvalue weighted by atomic mass is 35.5. The van der Waals surface area contributed by atoms with Crippen LogP contribution in [-0.2, 0) is 19.1 Å². The zero-order chi connectivity index (χ0) is 26.2. The van der Waals surface area contributed by atoms with Crippen molar-refractivity contribution in [3.63, 3.8) is 0 Å². The zero-order valence-electron chi connectivity index (χ0n) is 21.8. The number of nitro groups is 1. The SMILES string of the molecule is COC(=O)C1=C(C)NC(C)=C(C(=O)OC)C1c1cc([N+](=O)[O-])ccc1OCCCCN1CCCCC1.Cl. The number of carbonyl (C=O) groups is 2. The Kier molecular flexibility index (Phi) is 11.4. The minimum absolute atomic E-state index is 0. The molecule has 0 radical (unpaired) electrons. The van der Waals surface area contributed by atoms with Gasteiger partial charge in [0, 0.05) is 29.1 Å². The summed E-state index contributed by atoms with van der Waals surface area (Å²) in [5.41, 5.74) is 1.45. The average molecular weight is 538 g/mol. The normalized spacial score (nSPS) is 16.5. The molecule has 0 bridgehead atoms. The summed E-state index contributed by atoms with van der Waals surface area (Å²) in [6, 6.07) is 4.23. The van der Waals surface area contributed by atoms with Gasteiger partial charge in [0.25, 0.3) is 5.69 Å². The number of likely N-dealkylation sites (tertiary alicyclic amines) is 1. The van der Waals surface area contributed by atoms with Crippen LogP contribution in [0.25, 0.3) is 0 Å². The number of rotatable bonds is 10. The fraction of sp³-hybridized carbons (Fsp3) is 0.538. The van der Waals surface area contributed by atoms with Gasteiger partial charge in [-0.15, -0.1) is 12.4 Å². The van der Waals surface area contributed by atoms with Gasteiger partial charge in [0.15, 0.2) is 0 Å². The first-order valence-electron chi connectivity index (χ1n) is 12.3. The van der Waals surface area contributed by atoms with Crippen molar-refractivity contribution in [2.24, 2.45) is 0 Å². The molecule has 1 aromatic carbocycles. The lowest BCUT2D eigenvalue weighted by molar-refractivity contribution is -0.384. The number of esters is 2. The highest BCUT2D eigenvalue weighted by molar-refractivity contribution is 6.00. The van der Waals surface area contributed by atoms with E-state index >= 15 is 0 Å². The molecule has 0 aromatic heterocycles. The molecule has 0 aliphatic carbocycles. The van der Waals surface area contributed by atoms with E-state index in [0.29, 0.717) is 29.3 Å². The first kappa shape index (κ1) is 30.1. The van der Waals surface area contributed by atoms with Gasteiger partial charge in [-0.25, -0.2) is 9.59 Å². The molecule has 2 aliphatic heterocycles. The number of hydrogen-bond acceptors (Lipinski definition) is 9. The second-order valence-electron chi connectivity index (χ2n) is 9.06. The molecule has 1 fully saturated rings. The Balaban J connectivity index is 0.00000481. The van der Waals surface area contributed by atoms with Crippen molar-refractivity contribution < 1.29 is 28.7 Å².